The van der Waals surface area contributed by atoms with E-state index in [0.717, 1.165) is 18.0 Å². The zero-order valence-electron chi connectivity index (χ0n) is 16.6. The molecule has 2 aromatic rings. The Bertz CT molecular complexity index is 572. The number of unbranched alkanes of at least 4 members (excludes halogenated alkanes) is 8. The Hall–Kier alpha value is -1.31. The molecule has 2 rings (SSSR count). The number of fused-ring (bicyclic) bond motifs is 1. The summed E-state index contributed by atoms with van der Waals surface area (Å²) in [5, 5.41) is 0. The fraction of sp³-hybridized carbons (Fsp3) is 0.696. The first kappa shape index (κ1) is 20.0. The summed E-state index contributed by atoms with van der Waals surface area (Å²) in [6.45, 7) is 5.73. The average molecular weight is 343 g/mol. The third-order valence-corrected chi connectivity index (χ3v) is 5.41. The molecule has 0 aliphatic heterocycles. The van der Waals surface area contributed by atoms with Crippen LogP contribution in [0.4, 0.5) is 0 Å². The lowest BCUT2D eigenvalue weighted by Crippen LogP contribution is -2.10. The van der Waals surface area contributed by atoms with E-state index >= 15 is 0 Å². The van der Waals surface area contributed by atoms with Gasteiger partial charge in [-0.3, -0.25) is 0 Å². The monoisotopic (exact) mass is 342 g/mol. The number of nitrogens with zero attached hydrogens (tertiary/aromatic N) is 2. The Morgan fingerprint density at radius 2 is 1.40 bits per heavy atom. The molecule has 2 heteroatoms. The van der Waals surface area contributed by atoms with E-state index in [-0.39, 0.29) is 0 Å². The van der Waals surface area contributed by atoms with Crippen molar-refractivity contribution in [2.24, 2.45) is 5.92 Å². The van der Waals surface area contributed by atoms with Gasteiger partial charge in [-0.25, -0.2) is 4.98 Å². The number of hydrogen-bond donors (Lipinski definition) is 0. The van der Waals surface area contributed by atoms with Gasteiger partial charge in [0.15, 0.2) is 0 Å². The number of para-hydroxylation sites is 2. The molecule has 1 unspecified atom stereocenters. The van der Waals surface area contributed by atoms with Crippen LogP contribution in [0.3, 0.4) is 0 Å². The minimum Gasteiger partial charge on any atom is -0.330 e. The smallest absolute Gasteiger partial charge is 0.0958 e. The maximum atomic E-state index is 4.57. The molecule has 0 aliphatic rings. The lowest BCUT2D eigenvalue weighted by Gasteiger charge is -2.18. The summed E-state index contributed by atoms with van der Waals surface area (Å²) in [7, 11) is 0. The van der Waals surface area contributed by atoms with E-state index in [2.05, 4.69) is 47.7 Å². The summed E-state index contributed by atoms with van der Waals surface area (Å²) < 4.78 is 2.39. The van der Waals surface area contributed by atoms with Crippen LogP contribution in [-0.4, -0.2) is 9.55 Å². The van der Waals surface area contributed by atoms with Gasteiger partial charge in [0.2, 0.25) is 0 Å². The Labute approximate surface area is 155 Å². The molecule has 0 fully saturated rings. The molecule has 0 amide bonds. The fourth-order valence-electron chi connectivity index (χ4n) is 3.83. The van der Waals surface area contributed by atoms with Gasteiger partial charge in [0.05, 0.1) is 17.4 Å². The van der Waals surface area contributed by atoms with Gasteiger partial charge in [-0.15, -0.1) is 0 Å². The maximum absolute atomic E-state index is 4.57. The summed E-state index contributed by atoms with van der Waals surface area (Å²) in [5.74, 6) is 0.806. The van der Waals surface area contributed by atoms with E-state index < -0.39 is 0 Å². The standard InChI is InChI=1S/C23H38N2/c1-3-5-7-9-10-12-16-21(15-11-8-6-4-2)19-25-20-24-22-17-13-14-18-23(22)25/h13-14,17-18,20-21H,3-12,15-16,19H2,1-2H3. The fourth-order valence-corrected chi connectivity index (χ4v) is 3.83. The highest BCUT2D eigenvalue weighted by Crippen LogP contribution is 2.23. The summed E-state index contributed by atoms with van der Waals surface area (Å²) in [5.41, 5.74) is 2.43. The minimum absolute atomic E-state index is 0.806. The summed E-state index contributed by atoms with van der Waals surface area (Å²) >= 11 is 0. The molecule has 0 saturated heterocycles. The predicted octanol–water partition coefficient (Wildman–Crippen LogP) is 7.37. The molecule has 1 atom stereocenters. The van der Waals surface area contributed by atoms with E-state index in [9.17, 15) is 0 Å². The number of imidazole rings is 1. The van der Waals surface area contributed by atoms with Gasteiger partial charge in [0, 0.05) is 6.54 Å². The van der Waals surface area contributed by atoms with E-state index in [1.54, 1.807) is 0 Å². The Morgan fingerprint density at radius 3 is 2.12 bits per heavy atom. The van der Waals surface area contributed by atoms with Crippen LogP contribution < -0.4 is 0 Å². The van der Waals surface area contributed by atoms with Crippen LogP contribution in [0.25, 0.3) is 11.0 Å². The Balaban J connectivity index is 1.84. The first-order valence-corrected chi connectivity index (χ1v) is 10.7. The van der Waals surface area contributed by atoms with Crippen LogP contribution in [0.1, 0.15) is 90.9 Å². The quantitative estimate of drug-likeness (QED) is 0.328. The molecular weight excluding hydrogens is 304 g/mol. The molecule has 0 N–H and O–H groups in total. The van der Waals surface area contributed by atoms with Crippen molar-refractivity contribution in [1.29, 1.82) is 0 Å². The lowest BCUT2D eigenvalue weighted by atomic mass is 9.94. The minimum atomic E-state index is 0.806. The van der Waals surface area contributed by atoms with E-state index in [4.69, 9.17) is 0 Å². The molecule has 0 bridgehead atoms. The lowest BCUT2D eigenvalue weighted by molar-refractivity contribution is 0.361. The summed E-state index contributed by atoms with van der Waals surface area (Å²) in [6.07, 6.45) is 18.7. The van der Waals surface area contributed by atoms with Crippen LogP contribution in [0, 0.1) is 5.92 Å². The van der Waals surface area contributed by atoms with Crippen LogP contribution in [-0.2, 0) is 6.54 Å². The van der Waals surface area contributed by atoms with Crippen molar-refractivity contribution in [3.8, 4) is 0 Å². The second-order valence-corrected chi connectivity index (χ2v) is 7.66. The normalized spacial score (nSPS) is 12.7. The third-order valence-electron chi connectivity index (χ3n) is 5.41. The number of aromatic nitrogens is 2. The molecule has 25 heavy (non-hydrogen) atoms. The first-order chi connectivity index (χ1) is 12.3. The Morgan fingerprint density at radius 1 is 0.800 bits per heavy atom. The SMILES string of the molecule is CCCCCCCCC(CCCCCC)Cn1cnc2ccccc21. The van der Waals surface area contributed by atoms with E-state index in [1.807, 2.05) is 6.33 Å². The molecule has 1 heterocycles. The van der Waals surface area contributed by atoms with Gasteiger partial charge in [0.1, 0.15) is 0 Å². The first-order valence-electron chi connectivity index (χ1n) is 10.7. The number of benzene rings is 1. The van der Waals surface area contributed by atoms with Gasteiger partial charge in [-0.1, -0.05) is 90.2 Å². The molecule has 1 aromatic heterocycles. The largest absolute Gasteiger partial charge is 0.330 e. The van der Waals surface area contributed by atoms with Crippen molar-refractivity contribution in [3.05, 3.63) is 30.6 Å². The average Bonchev–Trinajstić information content (AvgIpc) is 3.04. The second-order valence-electron chi connectivity index (χ2n) is 7.66. The second kappa shape index (κ2) is 12.1. The summed E-state index contributed by atoms with van der Waals surface area (Å²) in [6, 6.07) is 8.54. The van der Waals surface area contributed by atoms with Gasteiger partial charge < -0.3 is 4.57 Å². The number of hydrogen-bond acceptors (Lipinski definition) is 1. The highest BCUT2D eigenvalue weighted by atomic mass is 15.0. The van der Waals surface area contributed by atoms with Crippen LogP contribution in [0.5, 0.6) is 0 Å². The van der Waals surface area contributed by atoms with Crippen molar-refractivity contribution in [2.75, 3.05) is 0 Å². The molecule has 0 aliphatic carbocycles. The van der Waals surface area contributed by atoms with Gasteiger partial charge in [0.25, 0.3) is 0 Å². The number of rotatable bonds is 14. The third kappa shape index (κ3) is 7.22. The summed E-state index contributed by atoms with van der Waals surface area (Å²) in [4.78, 5) is 4.57. The molecule has 0 radical (unpaired) electrons. The zero-order valence-corrected chi connectivity index (χ0v) is 16.6. The van der Waals surface area contributed by atoms with Crippen LogP contribution in [0.2, 0.25) is 0 Å². The molecular formula is C23H38N2. The molecule has 0 spiro atoms. The zero-order chi connectivity index (χ0) is 17.7. The molecule has 2 nitrogen and oxygen atoms in total. The van der Waals surface area contributed by atoms with Crippen molar-refractivity contribution < 1.29 is 0 Å². The van der Waals surface area contributed by atoms with Gasteiger partial charge >= 0.3 is 0 Å². The van der Waals surface area contributed by atoms with Gasteiger partial charge in [-0.05, 0) is 30.9 Å². The molecule has 0 saturated carbocycles. The molecule has 1 aromatic carbocycles. The van der Waals surface area contributed by atoms with Crippen molar-refractivity contribution in [1.82, 2.24) is 9.55 Å². The van der Waals surface area contributed by atoms with Gasteiger partial charge in [-0.2, -0.15) is 0 Å². The van der Waals surface area contributed by atoms with Crippen molar-refractivity contribution in [2.45, 2.75) is 97.4 Å². The highest BCUT2D eigenvalue weighted by molar-refractivity contribution is 5.74. The van der Waals surface area contributed by atoms with E-state index in [1.165, 1.54) is 82.6 Å². The highest BCUT2D eigenvalue weighted by Gasteiger charge is 2.11. The van der Waals surface area contributed by atoms with Crippen molar-refractivity contribution >= 4 is 11.0 Å². The topological polar surface area (TPSA) is 17.8 Å². The Kier molecular flexibility index (Phi) is 9.69. The van der Waals surface area contributed by atoms with Crippen molar-refractivity contribution in [3.63, 3.8) is 0 Å². The van der Waals surface area contributed by atoms with Crippen LogP contribution >= 0.6 is 0 Å². The van der Waals surface area contributed by atoms with E-state index in [0.29, 0.717) is 0 Å². The maximum Gasteiger partial charge on any atom is 0.0958 e. The molecule has 140 valence electrons. The predicted molar refractivity (Wildman–Crippen MR) is 110 cm³/mol. The van der Waals surface area contributed by atoms with Crippen LogP contribution in [0.15, 0.2) is 30.6 Å².